The van der Waals surface area contributed by atoms with Crippen LogP contribution in [0.15, 0.2) is 0 Å². The summed E-state index contributed by atoms with van der Waals surface area (Å²) in [6.07, 6.45) is 1.39. The average Bonchev–Trinajstić information content (AvgIpc) is 2.19. The molecule has 88 valence electrons. The fourth-order valence-electron chi connectivity index (χ4n) is 2.17. The van der Waals surface area contributed by atoms with E-state index in [4.69, 9.17) is 11.6 Å². The number of rotatable bonds is 3. The Morgan fingerprint density at radius 2 is 2.27 bits per heavy atom. The second kappa shape index (κ2) is 5.71. The molecule has 0 saturated carbocycles. The molecule has 4 heteroatoms. The fraction of sp³-hybridized carbons (Fsp3) is 0.909. The zero-order valence-electron chi connectivity index (χ0n) is 9.45. The maximum atomic E-state index is 11.4. The Bertz CT molecular complexity index is 221. The summed E-state index contributed by atoms with van der Waals surface area (Å²) < 4.78 is 0. The molecule has 0 aromatic rings. The summed E-state index contributed by atoms with van der Waals surface area (Å²) >= 11 is 5.52. The highest BCUT2D eigenvalue weighted by Crippen LogP contribution is 2.23. The lowest BCUT2D eigenvalue weighted by atomic mass is 9.87. The molecule has 0 aromatic heterocycles. The van der Waals surface area contributed by atoms with Gasteiger partial charge in [-0.1, -0.05) is 13.8 Å². The highest BCUT2D eigenvalue weighted by molar-refractivity contribution is 6.27. The van der Waals surface area contributed by atoms with Crippen LogP contribution < -0.4 is 0 Å². The van der Waals surface area contributed by atoms with Crippen molar-refractivity contribution in [1.29, 1.82) is 0 Å². The van der Waals surface area contributed by atoms with E-state index in [0.717, 1.165) is 6.42 Å². The van der Waals surface area contributed by atoms with Crippen molar-refractivity contribution in [3.63, 3.8) is 0 Å². The molecule has 2 atom stereocenters. The van der Waals surface area contributed by atoms with E-state index < -0.39 is 0 Å². The van der Waals surface area contributed by atoms with E-state index in [1.807, 2.05) is 0 Å². The number of piperidine rings is 1. The number of carbonyl (C=O) groups excluding carboxylic acids is 1. The fourth-order valence-corrected chi connectivity index (χ4v) is 2.34. The second-order valence-electron chi connectivity index (χ2n) is 4.72. The van der Waals surface area contributed by atoms with E-state index in [1.165, 1.54) is 0 Å². The first-order valence-electron chi connectivity index (χ1n) is 5.56. The minimum absolute atomic E-state index is 0.0164. The Balaban J connectivity index is 2.51. The van der Waals surface area contributed by atoms with Crippen LogP contribution in [0, 0.1) is 11.8 Å². The number of halogens is 1. The lowest BCUT2D eigenvalue weighted by Crippen LogP contribution is -2.46. The SMILES string of the molecule is CC(C)C[C@@H]1CN(C(=O)CCl)CC[C@@H]1O. The number of aliphatic hydroxyl groups is 1. The van der Waals surface area contributed by atoms with E-state index in [0.29, 0.717) is 25.4 Å². The zero-order valence-corrected chi connectivity index (χ0v) is 10.2. The molecule has 1 heterocycles. The molecule has 1 amide bonds. The minimum atomic E-state index is -0.258. The topological polar surface area (TPSA) is 40.5 Å². The largest absolute Gasteiger partial charge is 0.393 e. The molecule has 1 aliphatic rings. The van der Waals surface area contributed by atoms with E-state index in [1.54, 1.807) is 4.90 Å². The number of amides is 1. The maximum absolute atomic E-state index is 11.4. The third-order valence-corrected chi connectivity index (χ3v) is 3.16. The summed E-state index contributed by atoms with van der Waals surface area (Å²) in [6.45, 7) is 5.57. The molecule has 1 N–H and O–H groups in total. The Hall–Kier alpha value is -0.280. The molecule has 0 bridgehead atoms. The van der Waals surface area contributed by atoms with Crippen LogP contribution in [0.5, 0.6) is 0 Å². The van der Waals surface area contributed by atoms with Gasteiger partial charge in [0.05, 0.1) is 6.10 Å². The van der Waals surface area contributed by atoms with Crippen molar-refractivity contribution in [3.8, 4) is 0 Å². The van der Waals surface area contributed by atoms with E-state index in [9.17, 15) is 9.90 Å². The van der Waals surface area contributed by atoms with Crippen LogP contribution in [0.2, 0.25) is 0 Å². The zero-order chi connectivity index (χ0) is 11.4. The summed E-state index contributed by atoms with van der Waals surface area (Å²) in [6, 6.07) is 0. The predicted octanol–water partition coefficient (Wildman–Crippen LogP) is 1.48. The molecule has 1 saturated heterocycles. The van der Waals surface area contributed by atoms with E-state index >= 15 is 0 Å². The molecule has 1 fully saturated rings. The molecular formula is C11H20ClNO2. The molecule has 1 aliphatic heterocycles. The number of hydrogen-bond acceptors (Lipinski definition) is 2. The average molecular weight is 234 g/mol. The van der Waals surface area contributed by atoms with Crippen molar-refractivity contribution in [2.75, 3.05) is 19.0 Å². The number of aliphatic hydroxyl groups excluding tert-OH is 1. The van der Waals surface area contributed by atoms with Gasteiger partial charge in [0.15, 0.2) is 0 Å². The summed E-state index contributed by atoms with van der Waals surface area (Å²) in [5.41, 5.74) is 0. The minimum Gasteiger partial charge on any atom is -0.393 e. The first-order chi connectivity index (χ1) is 7.04. The van der Waals surface area contributed by atoms with Crippen molar-refractivity contribution in [2.24, 2.45) is 11.8 Å². The predicted molar refractivity (Wildman–Crippen MR) is 60.9 cm³/mol. The number of likely N-dealkylation sites (tertiary alicyclic amines) is 1. The van der Waals surface area contributed by atoms with Crippen LogP contribution in [0.3, 0.4) is 0 Å². The molecule has 0 aromatic carbocycles. The second-order valence-corrected chi connectivity index (χ2v) is 4.99. The summed E-state index contributed by atoms with van der Waals surface area (Å²) in [5, 5.41) is 9.82. The number of alkyl halides is 1. The quantitative estimate of drug-likeness (QED) is 0.751. The highest BCUT2D eigenvalue weighted by Gasteiger charge is 2.29. The van der Waals surface area contributed by atoms with Gasteiger partial charge in [0.2, 0.25) is 5.91 Å². The highest BCUT2D eigenvalue weighted by atomic mass is 35.5. The molecule has 0 radical (unpaired) electrons. The Morgan fingerprint density at radius 1 is 1.60 bits per heavy atom. The molecule has 0 spiro atoms. The Morgan fingerprint density at radius 3 is 2.80 bits per heavy atom. The third-order valence-electron chi connectivity index (χ3n) is 2.94. The Labute approximate surface area is 96.4 Å². The summed E-state index contributed by atoms with van der Waals surface area (Å²) in [5.74, 6) is 0.795. The summed E-state index contributed by atoms with van der Waals surface area (Å²) in [7, 11) is 0. The first-order valence-corrected chi connectivity index (χ1v) is 6.09. The monoisotopic (exact) mass is 233 g/mol. The molecule has 0 aliphatic carbocycles. The first kappa shape index (κ1) is 12.8. The number of hydrogen-bond donors (Lipinski definition) is 1. The van der Waals surface area contributed by atoms with Gasteiger partial charge in [-0.25, -0.2) is 0 Å². The van der Waals surface area contributed by atoms with Gasteiger partial charge in [0.1, 0.15) is 5.88 Å². The van der Waals surface area contributed by atoms with E-state index in [-0.39, 0.29) is 23.8 Å². The summed E-state index contributed by atoms with van der Waals surface area (Å²) in [4.78, 5) is 13.2. The van der Waals surface area contributed by atoms with Gasteiger partial charge in [0.25, 0.3) is 0 Å². The van der Waals surface area contributed by atoms with Crippen molar-refractivity contribution in [2.45, 2.75) is 32.8 Å². The molecule has 15 heavy (non-hydrogen) atoms. The smallest absolute Gasteiger partial charge is 0.237 e. The van der Waals surface area contributed by atoms with Crippen molar-refractivity contribution >= 4 is 17.5 Å². The van der Waals surface area contributed by atoms with Crippen molar-refractivity contribution < 1.29 is 9.90 Å². The lowest BCUT2D eigenvalue weighted by Gasteiger charge is -2.36. The van der Waals surface area contributed by atoms with Crippen LogP contribution in [0.25, 0.3) is 0 Å². The van der Waals surface area contributed by atoms with Crippen LogP contribution >= 0.6 is 11.6 Å². The van der Waals surface area contributed by atoms with Crippen LogP contribution in [-0.2, 0) is 4.79 Å². The van der Waals surface area contributed by atoms with Gasteiger partial charge in [-0.3, -0.25) is 4.79 Å². The van der Waals surface area contributed by atoms with Crippen LogP contribution in [0.1, 0.15) is 26.7 Å². The molecule has 3 nitrogen and oxygen atoms in total. The van der Waals surface area contributed by atoms with Crippen molar-refractivity contribution in [1.82, 2.24) is 4.90 Å². The maximum Gasteiger partial charge on any atom is 0.237 e. The number of nitrogens with zero attached hydrogens (tertiary/aromatic N) is 1. The van der Waals surface area contributed by atoms with Crippen LogP contribution in [-0.4, -0.2) is 41.0 Å². The van der Waals surface area contributed by atoms with Gasteiger partial charge < -0.3 is 10.0 Å². The molecule has 0 unspecified atom stereocenters. The number of carbonyl (C=O) groups is 1. The van der Waals surface area contributed by atoms with Crippen molar-refractivity contribution in [3.05, 3.63) is 0 Å². The Kier molecular flexibility index (Phi) is 4.87. The van der Waals surface area contributed by atoms with Crippen LogP contribution in [0.4, 0.5) is 0 Å². The third kappa shape index (κ3) is 3.65. The van der Waals surface area contributed by atoms with Gasteiger partial charge in [-0.15, -0.1) is 11.6 Å². The van der Waals surface area contributed by atoms with Gasteiger partial charge in [0, 0.05) is 19.0 Å². The standard InChI is InChI=1S/C11H20ClNO2/c1-8(2)5-9-7-13(11(15)6-12)4-3-10(9)14/h8-10,14H,3-7H2,1-2H3/t9-,10+/m1/s1. The van der Waals surface area contributed by atoms with Gasteiger partial charge in [-0.05, 0) is 18.8 Å². The van der Waals surface area contributed by atoms with Gasteiger partial charge >= 0.3 is 0 Å². The molecule has 1 rings (SSSR count). The van der Waals surface area contributed by atoms with E-state index in [2.05, 4.69) is 13.8 Å². The lowest BCUT2D eigenvalue weighted by molar-refractivity contribution is -0.132. The normalized spacial score (nSPS) is 27.1. The molecular weight excluding hydrogens is 214 g/mol. The van der Waals surface area contributed by atoms with Gasteiger partial charge in [-0.2, -0.15) is 0 Å².